The first-order valence-corrected chi connectivity index (χ1v) is 4.73. The number of alkyl halides is 3. The predicted octanol–water partition coefficient (Wildman–Crippen LogP) is 3.42. The van der Waals surface area contributed by atoms with Crippen molar-refractivity contribution in [1.29, 1.82) is 0 Å². The van der Waals surface area contributed by atoms with Gasteiger partial charge in [-0.2, -0.15) is 13.2 Å². The Kier molecular flexibility index (Phi) is 4.06. The highest BCUT2D eigenvalue weighted by molar-refractivity contribution is 6.25. The molecule has 2 nitrogen and oxygen atoms in total. The number of hydrogen-bond acceptors (Lipinski definition) is 2. The number of hydrogen-bond donors (Lipinski definition) is 1. The second-order valence-electron chi connectivity index (χ2n) is 2.92. The van der Waals surface area contributed by atoms with Crippen LogP contribution < -0.4 is 10.5 Å². The molecule has 0 aliphatic rings. The summed E-state index contributed by atoms with van der Waals surface area (Å²) >= 11 is 5.25. The molecule has 6 heteroatoms. The molecule has 88 valence electrons. The van der Waals surface area contributed by atoms with Crippen LogP contribution in [0.3, 0.4) is 0 Å². The summed E-state index contributed by atoms with van der Waals surface area (Å²) in [5.41, 5.74) is 5.81. The Labute approximate surface area is 95.5 Å². The molecule has 2 N–H and O–H groups in total. The van der Waals surface area contributed by atoms with Crippen LogP contribution in [-0.4, -0.2) is 6.61 Å². The summed E-state index contributed by atoms with van der Waals surface area (Å²) in [5, 5.41) is 0. The van der Waals surface area contributed by atoms with Crippen LogP contribution >= 0.6 is 11.6 Å². The van der Waals surface area contributed by atoms with Crippen LogP contribution in [-0.2, 0) is 6.18 Å². The third-order valence-electron chi connectivity index (χ3n) is 1.76. The lowest BCUT2D eigenvalue weighted by atomic mass is 10.2. The molecule has 0 spiro atoms. The molecule has 1 aromatic carbocycles. The quantitative estimate of drug-likeness (QED) is 0.836. The van der Waals surface area contributed by atoms with E-state index in [1.54, 1.807) is 0 Å². The van der Waals surface area contributed by atoms with Gasteiger partial charge in [-0.1, -0.05) is 11.6 Å². The monoisotopic (exact) mass is 251 g/mol. The number of benzene rings is 1. The van der Waals surface area contributed by atoms with Crippen LogP contribution in [0.15, 0.2) is 29.8 Å². The van der Waals surface area contributed by atoms with E-state index in [0.717, 1.165) is 12.1 Å². The third-order valence-corrected chi connectivity index (χ3v) is 1.94. The summed E-state index contributed by atoms with van der Waals surface area (Å²) in [6, 6.07) is 2.93. The molecule has 16 heavy (non-hydrogen) atoms. The lowest BCUT2D eigenvalue weighted by Gasteiger charge is -2.10. The molecule has 1 aromatic rings. The second-order valence-corrected chi connectivity index (χ2v) is 3.18. The zero-order chi connectivity index (χ0) is 12.2. The summed E-state index contributed by atoms with van der Waals surface area (Å²) in [4.78, 5) is 0. The van der Waals surface area contributed by atoms with Crippen LogP contribution in [0.2, 0.25) is 0 Å². The molecule has 0 saturated heterocycles. The van der Waals surface area contributed by atoms with Gasteiger partial charge >= 0.3 is 6.18 Å². The summed E-state index contributed by atoms with van der Waals surface area (Å²) in [7, 11) is 0. The van der Waals surface area contributed by atoms with Crippen molar-refractivity contribution in [1.82, 2.24) is 0 Å². The Morgan fingerprint density at radius 1 is 1.38 bits per heavy atom. The van der Waals surface area contributed by atoms with Crippen molar-refractivity contribution >= 4 is 17.3 Å². The maximum atomic E-state index is 12.3. The minimum absolute atomic E-state index is 0.0576. The van der Waals surface area contributed by atoms with Crippen molar-refractivity contribution in [3.05, 3.63) is 35.4 Å². The Hall–Kier alpha value is -1.36. The highest BCUT2D eigenvalue weighted by atomic mass is 35.5. The number of halogens is 4. The molecule has 0 radical (unpaired) electrons. The molecule has 0 atom stereocenters. The van der Waals surface area contributed by atoms with E-state index in [9.17, 15) is 13.2 Å². The topological polar surface area (TPSA) is 35.2 Å². The van der Waals surface area contributed by atoms with E-state index in [0.29, 0.717) is 0 Å². The average molecular weight is 252 g/mol. The summed E-state index contributed by atoms with van der Waals surface area (Å²) < 4.78 is 41.9. The first kappa shape index (κ1) is 12.7. The van der Waals surface area contributed by atoms with Gasteiger partial charge in [0.05, 0.1) is 11.3 Å². The molecule has 0 amide bonds. The van der Waals surface area contributed by atoms with Gasteiger partial charge < -0.3 is 10.5 Å². The van der Waals surface area contributed by atoms with Gasteiger partial charge in [0, 0.05) is 5.54 Å². The zero-order valence-electron chi connectivity index (χ0n) is 8.09. The van der Waals surface area contributed by atoms with Gasteiger partial charge in [-0.3, -0.25) is 0 Å². The van der Waals surface area contributed by atoms with Crippen molar-refractivity contribution in [2.75, 3.05) is 12.3 Å². The normalized spacial score (nSPS) is 12.0. The standard InChI is InChI=1S/C10H9ClF3NO/c11-4-1-5-16-9-3-2-7(6-8(9)15)10(12,13)14/h1-4,6H,5,15H2/b4-1+. The molecule has 0 bridgehead atoms. The van der Waals surface area contributed by atoms with Gasteiger partial charge in [0.2, 0.25) is 0 Å². The fourth-order valence-corrected chi connectivity index (χ4v) is 1.10. The van der Waals surface area contributed by atoms with Gasteiger partial charge in [0.25, 0.3) is 0 Å². The fraction of sp³-hybridized carbons (Fsp3) is 0.200. The Morgan fingerprint density at radius 3 is 2.56 bits per heavy atom. The van der Waals surface area contributed by atoms with Gasteiger partial charge in [-0.15, -0.1) is 0 Å². The Balaban J connectivity index is 2.83. The van der Waals surface area contributed by atoms with E-state index in [1.807, 2.05) is 0 Å². The number of nitrogen functional groups attached to an aromatic ring is 1. The molecule has 0 saturated carbocycles. The zero-order valence-corrected chi connectivity index (χ0v) is 8.85. The van der Waals surface area contributed by atoms with Crippen LogP contribution in [0.1, 0.15) is 5.56 Å². The Morgan fingerprint density at radius 2 is 2.06 bits per heavy atom. The smallest absolute Gasteiger partial charge is 0.416 e. The number of ether oxygens (including phenoxy) is 1. The predicted molar refractivity (Wildman–Crippen MR) is 56.3 cm³/mol. The molecule has 0 aliphatic heterocycles. The van der Waals surface area contributed by atoms with E-state index in [-0.39, 0.29) is 18.0 Å². The lowest BCUT2D eigenvalue weighted by molar-refractivity contribution is -0.137. The largest absolute Gasteiger partial charge is 0.487 e. The summed E-state index contributed by atoms with van der Waals surface area (Å²) in [6.45, 7) is 0.152. The lowest BCUT2D eigenvalue weighted by Crippen LogP contribution is -2.06. The van der Waals surface area contributed by atoms with Crippen LogP contribution in [0.4, 0.5) is 18.9 Å². The average Bonchev–Trinajstić information content (AvgIpc) is 2.19. The van der Waals surface area contributed by atoms with E-state index < -0.39 is 11.7 Å². The summed E-state index contributed by atoms with van der Waals surface area (Å²) in [5.74, 6) is 0.197. The molecule has 0 heterocycles. The molecular formula is C10H9ClF3NO. The minimum Gasteiger partial charge on any atom is -0.487 e. The number of rotatable bonds is 3. The maximum absolute atomic E-state index is 12.3. The van der Waals surface area contributed by atoms with E-state index >= 15 is 0 Å². The molecular weight excluding hydrogens is 243 g/mol. The van der Waals surface area contributed by atoms with Crippen molar-refractivity contribution in [2.45, 2.75) is 6.18 Å². The fourth-order valence-electron chi connectivity index (χ4n) is 1.03. The SMILES string of the molecule is Nc1cc(C(F)(F)F)ccc1OC/C=C/Cl. The molecule has 1 rings (SSSR count). The van der Waals surface area contributed by atoms with Crippen LogP contribution in [0, 0.1) is 0 Å². The van der Waals surface area contributed by atoms with Crippen molar-refractivity contribution in [3.63, 3.8) is 0 Å². The van der Waals surface area contributed by atoms with Crippen LogP contribution in [0.25, 0.3) is 0 Å². The first-order chi connectivity index (χ1) is 7.45. The van der Waals surface area contributed by atoms with Gasteiger partial charge in [-0.25, -0.2) is 0 Å². The van der Waals surface area contributed by atoms with Crippen molar-refractivity contribution in [2.24, 2.45) is 0 Å². The molecule has 0 unspecified atom stereocenters. The molecule has 0 aliphatic carbocycles. The highest BCUT2D eigenvalue weighted by Crippen LogP contribution is 2.33. The van der Waals surface area contributed by atoms with Crippen molar-refractivity contribution in [3.8, 4) is 5.75 Å². The van der Waals surface area contributed by atoms with Gasteiger partial charge in [0.1, 0.15) is 12.4 Å². The van der Waals surface area contributed by atoms with E-state index in [2.05, 4.69) is 0 Å². The van der Waals surface area contributed by atoms with Gasteiger partial charge in [0.15, 0.2) is 0 Å². The molecule has 0 fully saturated rings. The summed E-state index contributed by atoms with van der Waals surface area (Å²) in [6.07, 6.45) is -2.90. The van der Waals surface area contributed by atoms with E-state index in [4.69, 9.17) is 22.1 Å². The second kappa shape index (κ2) is 5.12. The molecule has 0 aromatic heterocycles. The highest BCUT2D eigenvalue weighted by Gasteiger charge is 2.30. The maximum Gasteiger partial charge on any atom is 0.416 e. The third kappa shape index (κ3) is 3.34. The number of anilines is 1. The van der Waals surface area contributed by atoms with Crippen molar-refractivity contribution < 1.29 is 17.9 Å². The van der Waals surface area contributed by atoms with Crippen LogP contribution in [0.5, 0.6) is 5.75 Å². The Bertz CT molecular complexity index is 390. The van der Waals surface area contributed by atoms with E-state index in [1.165, 1.54) is 17.7 Å². The first-order valence-electron chi connectivity index (χ1n) is 4.30. The minimum atomic E-state index is -4.40. The van der Waals surface area contributed by atoms with Gasteiger partial charge in [-0.05, 0) is 24.3 Å². The number of nitrogens with two attached hydrogens (primary N) is 1.